The highest BCUT2D eigenvalue weighted by Gasteiger charge is 2.59. The van der Waals surface area contributed by atoms with Gasteiger partial charge in [0.2, 0.25) is 11.8 Å². The number of amides is 5. The fraction of sp³-hybridized carbons (Fsp3) is 0.375. The van der Waals surface area contributed by atoms with E-state index in [0.717, 1.165) is 4.90 Å². The Morgan fingerprint density at radius 3 is 1.74 bits per heavy atom. The number of anilines is 3. The standard InChI is InChI=1S/C32H31F3N6O4S/c1-19(21-11-13-36-25(17-21)39-15-3-5-27(39)42)31(20(2)22-12-14-37-26(18-22)40-16-4-6-28(40)43)29(44)41(30(45)38-31)23-7-9-24(10-8-23)46-32(33,34)35/h7-14,17-20H,3-6,15-16H2,1-2H3,(H,38,45). The van der Waals surface area contributed by atoms with Crippen molar-refractivity contribution in [1.82, 2.24) is 15.3 Å². The summed E-state index contributed by atoms with van der Waals surface area (Å²) in [5, 5.41) is 2.96. The van der Waals surface area contributed by atoms with Gasteiger partial charge >= 0.3 is 11.5 Å². The summed E-state index contributed by atoms with van der Waals surface area (Å²) in [5.74, 6) is -1.16. The number of aromatic nitrogens is 2. The van der Waals surface area contributed by atoms with Gasteiger partial charge in [-0.2, -0.15) is 13.2 Å². The molecule has 14 heteroatoms. The van der Waals surface area contributed by atoms with Gasteiger partial charge in [0.25, 0.3) is 5.91 Å². The summed E-state index contributed by atoms with van der Waals surface area (Å²) in [7, 11) is 0. The molecular formula is C32H31F3N6O4S. The summed E-state index contributed by atoms with van der Waals surface area (Å²) >= 11 is -0.290. The Morgan fingerprint density at radius 2 is 1.30 bits per heavy atom. The van der Waals surface area contributed by atoms with Crippen molar-refractivity contribution in [3.63, 3.8) is 0 Å². The first-order valence-electron chi connectivity index (χ1n) is 14.9. The van der Waals surface area contributed by atoms with Crippen molar-refractivity contribution in [1.29, 1.82) is 0 Å². The van der Waals surface area contributed by atoms with Gasteiger partial charge in [-0.1, -0.05) is 13.8 Å². The number of halogens is 3. The third-order valence-electron chi connectivity index (χ3n) is 9.01. The van der Waals surface area contributed by atoms with Crippen LogP contribution in [-0.2, 0) is 14.4 Å². The van der Waals surface area contributed by atoms with Crippen molar-refractivity contribution in [3.05, 3.63) is 72.1 Å². The number of hydrogen-bond acceptors (Lipinski definition) is 7. The summed E-state index contributed by atoms with van der Waals surface area (Å²) in [6, 6.07) is 11.3. The van der Waals surface area contributed by atoms with Gasteiger partial charge in [-0.25, -0.2) is 19.7 Å². The predicted molar refractivity (Wildman–Crippen MR) is 166 cm³/mol. The van der Waals surface area contributed by atoms with E-state index in [0.29, 0.717) is 61.5 Å². The lowest BCUT2D eigenvalue weighted by molar-refractivity contribution is -0.123. The van der Waals surface area contributed by atoms with Crippen LogP contribution in [0.4, 0.5) is 35.3 Å². The van der Waals surface area contributed by atoms with Gasteiger partial charge in [0.15, 0.2) is 0 Å². The Bertz CT molecular complexity index is 1630. The largest absolute Gasteiger partial charge is 0.446 e. The molecule has 3 saturated heterocycles. The summed E-state index contributed by atoms with van der Waals surface area (Å²) in [4.78, 5) is 66.2. The van der Waals surface area contributed by atoms with Crippen molar-refractivity contribution < 1.29 is 32.3 Å². The Balaban J connectivity index is 1.42. The maximum absolute atomic E-state index is 14.7. The van der Waals surface area contributed by atoms with E-state index in [4.69, 9.17) is 0 Å². The van der Waals surface area contributed by atoms with E-state index < -0.39 is 34.8 Å². The summed E-state index contributed by atoms with van der Waals surface area (Å²) < 4.78 is 38.8. The fourth-order valence-corrected chi connectivity index (χ4v) is 7.11. The Kier molecular flexibility index (Phi) is 8.25. The van der Waals surface area contributed by atoms with E-state index in [9.17, 15) is 32.3 Å². The maximum Gasteiger partial charge on any atom is 0.446 e. The zero-order valence-electron chi connectivity index (χ0n) is 25.1. The number of nitrogens with one attached hydrogen (secondary N) is 1. The number of benzene rings is 1. The SMILES string of the molecule is CC(c1ccnc(N2CCCC2=O)c1)C1(C(C)c2ccnc(N3CCCC3=O)c2)NC(=O)N(c2ccc(SC(F)(F)F)cc2)C1=O. The van der Waals surface area contributed by atoms with Gasteiger partial charge in [-0.15, -0.1) is 0 Å². The number of pyridine rings is 2. The first-order chi connectivity index (χ1) is 21.9. The number of hydrogen-bond donors (Lipinski definition) is 1. The van der Waals surface area contributed by atoms with E-state index in [-0.39, 0.29) is 34.2 Å². The molecule has 46 heavy (non-hydrogen) atoms. The van der Waals surface area contributed by atoms with Crippen molar-refractivity contribution in [3.8, 4) is 0 Å². The molecule has 240 valence electrons. The summed E-state index contributed by atoms with van der Waals surface area (Å²) in [6.07, 6.45) is 5.35. The van der Waals surface area contributed by atoms with E-state index in [1.54, 1.807) is 60.3 Å². The minimum absolute atomic E-state index is 0.0512. The highest BCUT2D eigenvalue weighted by Crippen LogP contribution is 2.46. The highest BCUT2D eigenvalue weighted by molar-refractivity contribution is 8.00. The summed E-state index contributed by atoms with van der Waals surface area (Å²) in [5.41, 5.74) is -4.67. The maximum atomic E-state index is 14.7. The molecule has 5 heterocycles. The van der Waals surface area contributed by atoms with Crippen LogP contribution in [0.15, 0.2) is 65.8 Å². The molecule has 3 fully saturated rings. The second-order valence-corrected chi connectivity index (χ2v) is 12.8. The Morgan fingerprint density at radius 1 is 0.804 bits per heavy atom. The second-order valence-electron chi connectivity index (χ2n) is 11.6. The van der Waals surface area contributed by atoms with Crippen LogP contribution in [0.1, 0.15) is 62.5 Å². The molecule has 5 amide bonds. The number of carbonyl (C=O) groups is 4. The fourth-order valence-electron chi connectivity index (χ4n) is 6.57. The minimum atomic E-state index is -4.49. The van der Waals surface area contributed by atoms with Crippen molar-refractivity contribution in [2.24, 2.45) is 0 Å². The first-order valence-corrected chi connectivity index (χ1v) is 15.8. The molecule has 2 aromatic heterocycles. The third-order valence-corrected chi connectivity index (χ3v) is 9.75. The molecule has 0 saturated carbocycles. The normalized spacial score (nSPS) is 21.7. The van der Waals surface area contributed by atoms with Crippen LogP contribution in [0.5, 0.6) is 0 Å². The average Bonchev–Trinajstić information content (AvgIpc) is 3.73. The average molecular weight is 653 g/mol. The minimum Gasteiger partial charge on any atom is -0.322 e. The van der Waals surface area contributed by atoms with Crippen LogP contribution in [-0.4, -0.2) is 57.9 Å². The number of alkyl halides is 3. The smallest absolute Gasteiger partial charge is 0.322 e. The second kappa shape index (κ2) is 12.0. The van der Waals surface area contributed by atoms with Gasteiger partial charge < -0.3 is 5.32 Å². The quantitative estimate of drug-likeness (QED) is 0.244. The lowest BCUT2D eigenvalue weighted by Crippen LogP contribution is -2.55. The molecule has 0 radical (unpaired) electrons. The predicted octanol–water partition coefficient (Wildman–Crippen LogP) is 5.74. The number of imide groups is 1. The van der Waals surface area contributed by atoms with E-state index in [1.165, 1.54) is 24.3 Å². The zero-order valence-corrected chi connectivity index (χ0v) is 25.9. The number of carbonyl (C=O) groups excluding carboxylic acids is 4. The van der Waals surface area contributed by atoms with Crippen LogP contribution in [0.2, 0.25) is 0 Å². The van der Waals surface area contributed by atoms with Crippen molar-refractivity contribution in [2.45, 2.75) is 67.3 Å². The molecule has 0 aliphatic carbocycles. The number of nitrogens with zero attached hydrogens (tertiary/aromatic N) is 5. The number of rotatable bonds is 8. The molecular weight excluding hydrogens is 621 g/mol. The van der Waals surface area contributed by atoms with Crippen LogP contribution >= 0.6 is 11.8 Å². The lowest BCUT2D eigenvalue weighted by atomic mass is 9.70. The highest BCUT2D eigenvalue weighted by atomic mass is 32.2. The van der Waals surface area contributed by atoms with Crippen molar-refractivity contribution in [2.75, 3.05) is 27.8 Å². The third kappa shape index (κ3) is 5.70. The van der Waals surface area contributed by atoms with Gasteiger partial charge in [0.05, 0.1) is 5.69 Å². The van der Waals surface area contributed by atoms with E-state index >= 15 is 0 Å². The molecule has 3 aromatic rings. The molecule has 1 N–H and O–H groups in total. The van der Waals surface area contributed by atoms with Crippen LogP contribution in [0, 0.1) is 0 Å². The Hall–Kier alpha value is -4.46. The van der Waals surface area contributed by atoms with E-state index in [2.05, 4.69) is 15.3 Å². The van der Waals surface area contributed by atoms with Gasteiger partial charge in [0.1, 0.15) is 17.2 Å². The monoisotopic (exact) mass is 652 g/mol. The van der Waals surface area contributed by atoms with Crippen LogP contribution in [0.25, 0.3) is 0 Å². The zero-order chi connectivity index (χ0) is 32.8. The lowest BCUT2D eigenvalue weighted by Gasteiger charge is -2.39. The summed E-state index contributed by atoms with van der Waals surface area (Å²) in [6.45, 7) is 4.65. The molecule has 2 unspecified atom stereocenters. The van der Waals surface area contributed by atoms with Crippen LogP contribution < -0.4 is 20.0 Å². The molecule has 1 aromatic carbocycles. The molecule has 3 aliphatic rings. The van der Waals surface area contributed by atoms with Crippen LogP contribution in [0.3, 0.4) is 0 Å². The molecule has 2 atom stereocenters. The molecule has 0 bridgehead atoms. The number of thioether (sulfide) groups is 1. The van der Waals surface area contributed by atoms with Crippen molar-refractivity contribution >= 4 is 52.8 Å². The Labute approximate surface area is 267 Å². The van der Waals surface area contributed by atoms with Gasteiger partial charge in [0, 0.05) is 55.1 Å². The molecule has 3 aliphatic heterocycles. The van der Waals surface area contributed by atoms with Gasteiger partial charge in [-0.05, 0) is 84.3 Å². The van der Waals surface area contributed by atoms with E-state index in [1.807, 2.05) is 0 Å². The molecule has 10 nitrogen and oxygen atoms in total. The topological polar surface area (TPSA) is 116 Å². The first kappa shape index (κ1) is 31.5. The molecule has 6 rings (SSSR count). The number of urea groups is 1. The van der Waals surface area contributed by atoms with Gasteiger partial charge in [-0.3, -0.25) is 24.2 Å². The molecule has 0 spiro atoms.